The van der Waals surface area contributed by atoms with Gasteiger partial charge in [0.1, 0.15) is 11.4 Å². The zero-order chi connectivity index (χ0) is 31.9. The zero-order valence-corrected chi connectivity index (χ0v) is 27.0. The summed E-state index contributed by atoms with van der Waals surface area (Å²) in [6, 6.07) is 5.17. The minimum absolute atomic E-state index is 0.00257. The molecule has 234 valence electrons. The van der Waals surface area contributed by atoms with Crippen LogP contribution in [0.3, 0.4) is 0 Å². The number of aromatic nitrogens is 2. The molecule has 0 radical (unpaired) electrons. The van der Waals surface area contributed by atoms with Crippen molar-refractivity contribution >= 4 is 50.0 Å². The van der Waals surface area contributed by atoms with E-state index in [1.165, 1.54) is 30.0 Å². The van der Waals surface area contributed by atoms with Gasteiger partial charge in [0.2, 0.25) is 0 Å². The first-order chi connectivity index (χ1) is 20.0. The van der Waals surface area contributed by atoms with Crippen LogP contribution in [0.5, 0.6) is 0 Å². The molecule has 0 unspecified atom stereocenters. The highest BCUT2D eigenvalue weighted by atomic mass is 35.5. The number of carbonyl (C=O) groups is 1. The van der Waals surface area contributed by atoms with E-state index in [9.17, 15) is 22.8 Å². The molecule has 1 saturated heterocycles. The van der Waals surface area contributed by atoms with Crippen LogP contribution in [0.2, 0.25) is 10.0 Å². The Kier molecular flexibility index (Phi) is 9.65. The molecule has 1 aliphatic rings. The van der Waals surface area contributed by atoms with Crippen molar-refractivity contribution < 1.29 is 22.3 Å². The Bertz CT molecular complexity index is 1780. The van der Waals surface area contributed by atoms with E-state index in [2.05, 4.69) is 4.98 Å². The van der Waals surface area contributed by atoms with Crippen molar-refractivity contribution in [1.29, 1.82) is 0 Å². The fourth-order valence-corrected chi connectivity index (χ4v) is 6.79. The highest BCUT2D eigenvalue weighted by molar-refractivity contribution is 7.91. The number of aromatic amines is 1. The molecule has 0 saturated carbocycles. The number of halogens is 3. The first-order valence-corrected chi connectivity index (χ1v) is 16.2. The third-order valence-corrected chi connectivity index (χ3v) is 9.80. The molecule has 1 amide bonds. The average molecular weight is 658 g/mol. The van der Waals surface area contributed by atoms with Crippen LogP contribution in [0.4, 0.5) is 9.18 Å². The number of hydrogen-bond donors (Lipinski definition) is 1. The lowest BCUT2D eigenvalue weighted by atomic mass is 10.1. The normalized spacial score (nSPS) is 16.1. The van der Waals surface area contributed by atoms with Crippen LogP contribution in [0.1, 0.15) is 45.2 Å². The van der Waals surface area contributed by atoms with Crippen molar-refractivity contribution in [3.05, 3.63) is 72.1 Å². The van der Waals surface area contributed by atoms with Crippen LogP contribution in [0.15, 0.2) is 38.8 Å². The molecule has 14 heteroatoms. The SMILES string of the molecule is CCS(=O)(=O)c1ccc(Cl)cc1Cn1c(=O)[nH]c2c(Cl)c(CN3CC[C@H](CN(C)C(=O)OC(C)(C)C)C3)c(F)cc2c1=O. The van der Waals surface area contributed by atoms with Crippen molar-refractivity contribution in [3.63, 3.8) is 0 Å². The maximum atomic E-state index is 15.4. The zero-order valence-electron chi connectivity index (χ0n) is 24.7. The molecule has 0 aliphatic carbocycles. The molecule has 1 fully saturated rings. The Labute approximate surface area is 259 Å². The standard InChI is InChI=1S/C29H35Cl2FN4O6S/c1-6-43(40,41)23-8-7-19(30)11-18(23)15-36-26(37)20-12-22(32)21(24(31)25(20)33-27(36)38)16-35-10-9-17(14-35)13-34(5)28(39)42-29(2,3)4/h7-8,11-12,17H,6,9-10,13-16H2,1-5H3,(H,33,38)/t17-/m1/s1. The molecule has 3 aromatic rings. The minimum Gasteiger partial charge on any atom is -0.444 e. The Morgan fingerprint density at radius 1 is 1.19 bits per heavy atom. The van der Waals surface area contributed by atoms with Gasteiger partial charge >= 0.3 is 11.8 Å². The number of hydrogen-bond acceptors (Lipinski definition) is 7. The number of sulfone groups is 1. The Balaban J connectivity index is 1.59. The van der Waals surface area contributed by atoms with E-state index < -0.39 is 45.1 Å². The van der Waals surface area contributed by atoms with Gasteiger partial charge in [-0.05, 0) is 69.5 Å². The topological polar surface area (TPSA) is 122 Å². The summed E-state index contributed by atoms with van der Waals surface area (Å²) in [5.41, 5.74) is -1.97. The molecule has 1 aliphatic heterocycles. The van der Waals surface area contributed by atoms with Crippen LogP contribution >= 0.6 is 23.2 Å². The number of nitrogens with zero attached hydrogens (tertiary/aromatic N) is 3. The fraction of sp³-hybridized carbons (Fsp3) is 0.483. The highest BCUT2D eigenvalue weighted by Gasteiger charge is 2.29. The van der Waals surface area contributed by atoms with E-state index >= 15 is 4.39 Å². The Morgan fingerprint density at radius 2 is 1.88 bits per heavy atom. The number of amides is 1. The Hall–Kier alpha value is -2.93. The number of fused-ring (bicyclic) bond motifs is 1. The summed E-state index contributed by atoms with van der Waals surface area (Å²) >= 11 is 12.7. The molecule has 4 rings (SSSR count). The molecule has 2 aromatic carbocycles. The van der Waals surface area contributed by atoms with E-state index in [-0.39, 0.29) is 55.2 Å². The van der Waals surface area contributed by atoms with Gasteiger partial charge in [-0.3, -0.25) is 14.3 Å². The molecular weight excluding hydrogens is 622 g/mol. The van der Waals surface area contributed by atoms with Gasteiger partial charge < -0.3 is 14.6 Å². The molecule has 1 atom stereocenters. The number of rotatable bonds is 8. The third kappa shape index (κ3) is 7.42. The van der Waals surface area contributed by atoms with Gasteiger partial charge in [0.05, 0.1) is 33.1 Å². The maximum Gasteiger partial charge on any atom is 0.410 e. The lowest BCUT2D eigenvalue weighted by molar-refractivity contribution is 0.0274. The quantitative estimate of drug-likeness (QED) is 0.374. The molecule has 10 nitrogen and oxygen atoms in total. The van der Waals surface area contributed by atoms with Gasteiger partial charge in [-0.1, -0.05) is 30.1 Å². The van der Waals surface area contributed by atoms with Gasteiger partial charge in [0.15, 0.2) is 9.84 Å². The number of nitrogens with one attached hydrogen (secondary N) is 1. The van der Waals surface area contributed by atoms with Crippen LogP contribution in [-0.4, -0.2) is 71.9 Å². The van der Waals surface area contributed by atoms with Gasteiger partial charge in [-0.15, -0.1) is 0 Å². The van der Waals surface area contributed by atoms with Crippen LogP contribution in [-0.2, 0) is 27.7 Å². The van der Waals surface area contributed by atoms with E-state index in [0.29, 0.717) is 19.6 Å². The number of likely N-dealkylation sites (tertiary alicyclic amines) is 1. The Morgan fingerprint density at radius 3 is 2.53 bits per heavy atom. The molecule has 1 N–H and O–H groups in total. The van der Waals surface area contributed by atoms with Gasteiger partial charge in [0.25, 0.3) is 5.56 Å². The molecule has 2 heterocycles. The van der Waals surface area contributed by atoms with Crippen molar-refractivity contribution in [2.75, 3.05) is 32.4 Å². The summed E-state index contributed by atoms with van der Waals surface area (Å²) in [4.78, 5) is 44.9. The number of carbonyl (C=O) groups excluding carboxylic acids is 1. The van der Waals surface area contributed by atoms with Crippen molar-refractivity contribution in [2.45, 2.75) is 57.7 Å². The third-order valence-electron chi connectivity index (χ3n) is 7.32. The van der Waals surface area contributed by atoms with Crippen LogP contribution in [0.25, 0.3) is 10.9 Å². The average Bonchev–Trinajstić information content (AvgIpc) is 3.35. The lowest BCUT2D eigenvalue weighted by Gasteiger charge is -2.26. The largest absolute Gasteiger partial charge is 0.444 e. The summed E-state index contributed by atoms with van der Waals surface area (Å²) in [6.07, 6.45) is 0.364. The second-order valence-electron chi connectivity index (χ2n) is 11.8. The molecule has 43 heavy (non-hydrogen) atoms. The van der Waals surface area contributed by atoms with Crippen molar-refractivity contribution in [2.24, 2.45) is 5.92 Å². The predicted molar refractivity (Wildman–Crippen MR) is 164 cm³/mol. The van der Waals surface area contributed by atoms with Gasteiger partial charge in [0, 0.05) is 37.3 Å². The first-order valence-electron chi connectivity index (χ1n) is 13.8. The summed E-state index contributed by atoms with van der Waals surface area (Å²) in [6.45, 7) is 8.33. The molecule has 1 aromatic heterocycles. The summed E-state index contributed by atoms with van der Waals surface area (Å²) < 4.78 is 46.9. The monoisotopic (exact) mass is 656 g/mol. The van der Waals surface area contributed by atoms with Crippen LogP contribution in [0, 0.1) is 11.7 Å². The summed E-state index contributed by atoms with van der Waals surface area (Å²) in [5.74, 6) is -0.758. The fourth-order valence-electron chi connectivity index (χ4n) is 5.18. The molecule has 0 spiro atoms. The minimum atomic E-state index is -3.68. The number of ether oxygens (including phenoxy) is 1. The molecular formula is C29H35Cl2FN4O6S. The van der Waals surface area contributed by atoms with Crippen molar-refractivity contribution in [1.82, 2.24) is 19.4 Å². The van der Waals surface area contributed by atoms with Crippen molar-refractivity contribution in [3.8, 4) is 0 Å². The van der Waals surface area contributed by atoms with E-state index in [0.717, 1.165) is 17.1 Å². The highest BCUT2D eigenvalue weighted by Crippen LogP contribution is 2.30. The van der Waals surface area contributed by atoms with E-state index in [4.69, 9.17) is 27.9 Å². The molecule has 0 bridgehead atoms. The number of benzene rings is 2. The van der Waals surface area contributed by atoms with Crippen LogP contribution < -0.4 is 11.2 Å². The summed E-state index contributed by atoms with van der Waals surface area (Å²) in [7, 11) is -2.01. The lowest BCUT2D eigenvalue weighted by Crippen LogP contribution is -2.37. The van der Waals surface area contributed by atoms with E-state index in [1.807, 2.05) is 4.90 Å². The van der Waals surface area contributed by atoms with E-state index in [1.54, 1.807) is 27.8 Å². The number of H-pyrrole nitrogens is 1. The smallest absolute Gasteiger partial charge is 0.410 e. The predicted octanol–water partition coefficient (Wildman–Crippen LogP) is 4.67. The second kappa shape index (κ2) is 12.6. The van der Waals surface area contributed by atoms with Gasteiger partial charge in [-0.25, -0.2) is 22.4 Å². The maximum absolute atomic E-state index is 15.4. The second-order valence-corrected chi connectivity index (χ2v) is 14.9. The first kappa shape index (κ1) is 33.0. The summed E-state index contributed by atoms with van der Waals surface area (Å²) in [5, 5.41) is 0.00317. The van der Waals surface area contributed by atoms with Gasteiger partial charge in [-0.2, -0.15) is 0 Å².